The van der Waals surface area contributed by atoms with Crippen molar-refractivity contribution in [2.75, 3.05) is 0 Å². The van der Waals surface area contributed by atoms with E-state index in [9.17, 15) is 8.42 Å². The van der Waals surface area contributed by atoms with Gasteiger partial charge < -0.3 is 0 Å². The largest absolute Gasteiger partial charge is 0.277 e. The lowest BCUT2D eigenvalue weighted by Gasteiger charge is -2.11. The highest BCUT2D eigenvalue weighted by molar-refractivity contribution is 7.89. The van der Waals surface area contributed by atoms with Crippen LogP contribution < -0.4 is 4.83 Å². The molecule has 0 aromatic heterocycles. The molecule has 1 aromatic rings. The Morgan fingerprint density at radius 1 is 1.19 bits per heavy atom. The number of hydrogen-bond acceptors (Lipinski definition) is 3. The minimum atomic E-state index is -3.55. The molecule has 0 spiro atoms. The summed E-state index contributed by atoms with van der Waals surface area (Å²) in [7, 11) is -3.55. The number of benzene rings is 1. The molecule has 0 unspecified atom stereocenters. The number of aryl methyl sites for hydroxylation is 3. The van der Waals surface area contributed by atoms with Crippen LogP contribution >= 0.6 is 0 Å². The van der Waals surface area contributed by atoms with E-state index < -0.39 is 10.0 Å². The van der Waals surface area contributed by atoms with Crippen LogP contribution in [0.4, 0.5) is 0 Å². The van der Waals surface area contributed by atoms with Crippen molar-refractivity contribution in [2.45, 2.75) is 32.6 Å². The van der Waals surface area contributed by atoms with Gasteiger partial charge >= 0.3 is 0 Å². The lowest BCUT2D eigenvalue weighted by atomic mass is 10.1. The number of sulfonamides is 1. The van der Waals surface area contributed by atoms with Gasteiger partial charge in [0.05, 0.1) is 4.90 Å². The minimum absolute atomic E-state index is 0.309. The van der Waals surface area contributed by atoms with Crippen LogP contribution in [0.25, 0.3) is 0 Å². The normalized spacial score (nSPS) is 12.0. The Labute approximate surface area is 96.4 Å². The summed E-state index contributed by atoms with van der Waals surface area (Å²) in [6, 6.07) is 3.69. The predicted octanol–water partition coefficient (Wildman–Crippen LogP) is 1.90. The van der Waals surface area contributed by atoms with Crippen LogP contribution in [-0.2, 0) is 10.0 Å². The van der Waals surface area contributed by atoms with Crippen molar-refractivity contribution in [3.05, 3.63) is 28.8 Å². The summed E-state index contributed by atoms with van der Waals surface area (Å²) in [6.45, 7) is 7.15. The summed E-state index contributed by atoms with van der Waals surface area (Å²) in [5.74, 6) is 0. The molecule has 0 saturated carbocycles. The number of nitrogens with zero attached hydrogens (tertiary/aromatic N) is 1. The maximum Gasteiger partial charge on any atom is 0.277 e. The third-order valence-electron chi connectivity index (χ3n) is 2.18. The van der Waals surface area contributed by atoms with E-state index in [1.807, 2.05) is 19.1 Å². The van der Waals surface area contributed by atoms with Gasteiger partial charge in [-0.05, 0) is 38.8 Å². The molecule has 88 valence electrons. The molecule has 0 aliphatic rings. The number of nitrogens with one attached hydrogen (secondary N) is 1. The van der Waals surface area contributed by atoms with Crippen molar-refractivity contribution in [3.63, 3.8) is 0 Å². The minimum Gasteiger partial charge on any atom is -0.200 e. The molecular formula is C11H16N2O2S. The molecule has 0 bridgehead atoms. The maximum atomic E-state index is 11.9. The zero-order valence-electron chi connectivity index (χ0n) is 9.90. The summed E-state index contributed by atoms with van der Waals surface area (Å²) in [5, 5.41) is 3.56. The average Bonchev–Trinajstić information content (AvgIpc) is 2.12. The zero-order valence-corrected chi connectivity index (χ0v) is 10.7. The Morgan fingerprint density at radius 3 is 2.12 bits per heavy atom. The Kier molecular flexibility index (Phi) is 3.70. The predicted molar refractivity (Wildman–Crippen MR) is 65.1 cm³/mol. The molecule has 0 atom stereocenters. The Morgan fingerprint density at radius 2 is 1.69 bits per heavy atom. The highest BCUT2D eigenvalue weighted by atomic mass is 32.2. The Hall–Kier alpha value is -1.36. The summed E-state index contributed by atoms with van der Waals surface area (Å²) in [5.41, 5.74) is 2.51. The van der Waals surface area contributed by atoms with Crippen LogP contribution in [0.2, 0.25) is 0 Å². The Bertz CT molecular complexity index is 496. The van der Waals surface area contributed by atoms with Crippen LogP contribution in [0.5, 0.6) is 0 Å². The van der Waals surface area contributed by atoms with Crippen LogP contribution in [0.15, 0.2) is 22.1 Å². The van der Waals surface area contributed by atoms with Crippen molar-refractivity contribution in [1.82, 2.24) is 4.83 Å². The first kappa shape index (κ1) is 12.7. The molecule has 5 heteroatoms. The summed E-state index contributed by atoms with van der Waals surface area (Å²) in [6.07, 6.45) is 1.40. The third-order valence-corrected chi connectivity index (χ3v) is 3.70. The molecule has 1 N–H and O–H groups in total. The number of hydrogen-bond donors (Lipinski definition) is 1. The highest BCUT2D eigenvalue weighted by Crippen LogP contribution is 2.21. The average molecular weight is 240 g/mol. The van der Waals surface area contributed by atoms with Crippen molar-refractivity contribution in [1.29, 1.82) is 0 Å². The molecule has 16 heavy (non-hydrogen) atoms. The van der Waals surface area contributed by atoms with Gasteiger partial charge in [-0.2, -0.15) is 13.5 Å². The SMILES string of the molecule is C/C=N/NS(=O)(=O)c1c(C)cc(C)cc1C. The van der Waals surface area contributed by atoms with E-state index in [1.54, 1.807) is 20.8 Å². The lowest BCUT2D eigenvalue weighted by Crippen LogP contribution is -2.20. The van der Waals surface area contributed by atoms with Gasteiger partial charge in [0.1, 0.15) is 0 Å². The first-order valence-electron chi connectivity index (χ1n) is 4.96. The van der Waals surface area contributed by atoms with Crippen molar-refractivity contribution in [2.24, 2.45) is 5.10 Å². The topological polar surface area (TPSA) is 58.5 Å². The van der Waals surface area contributed by atoms with Gasteiger partial charge in [-0.25, -0.2) is 4.83 Å². The van der Waals surface area contributed by atoms with Crippen LogP contribution in [-0.4, -0.2) is 14.6 Å². The monoisotopic (exact) mass is 240 g/mol. The molecule has 1 aromatic carbocycles. The molecule has 0 aliphatic heterocycles. The van der Waals surface area contributed by atoms with E-state index in [4.69, 9.17) is 0 Å². The Balaban J connectivity index is 3.33. The van der Waals surface area contributed by atoms with Gasteiger partial charge in [0.2, 0.25) is 0 Å². The number of rotatable bonds is 3. The summed E-state index contributed by atoms with van der Waals surface area (Å²) >= 11 is 0. The molecule has 4 nitrogen and oxygen atoms in total. The number of hydrazone groups is 1. The highest BCUT2D eigenvalue weighted by Gasteiger charge is 2.18. The molecule has 0 heterocycles. The first-order valence-corrected chi connectivity index (χ1v) is 6.44. The molecular weight excluding hydrogens is 224 g/mol. The van der Waals surface area contributed by atoms with E-state index in [0.717, 1.165) is 16.7 Å². The second kappa shape index (κ2) is 4.65. The summed E-state index contributed by atoms with van der Waals surface area (Å²) in [4.78, 5) is 2.48. The fraction of sp³-hybridized carbons (Fsp3) is 0.364. The van der Waals surface area contributed by atoms with Gasteiger partial charge in [-0.1, -0.05) is 17.7 Å². The lowest BCUT2D eigenvalue weighted by molar-refractivity contribution is 0.583. The van der Waals surface area contributed by atoms with Crippen LogP contribution in [0.1, 0.15) is 23.6 Å². The fourth-order valence-corrected chi connectivity index (χ4v) is 3.06. The van der Waals surface area contributed by atoms with Crippen molar-refractivity contribution < 1.29 is 8.42 Å². The van der Waals surface area contributed by atoms with Gasteiger partial charge in [-0.3, -0.25) is 0 Å². The van der Waals surface area contributed by atoms with Gasteiger partial charge in [-0.15, -0.1) is 0 Å². The maximum absolute atomic E-state index is 11.9. The molecule has 0 saturated heterocycles. The molecule has 1 rings (SSSR count). The quantitative estimate of drug-likeness (QED) is 0.648. The van der Waals surface area contributed by atoms with E-state index >= 15 is 0 Å². The van der Waals surface area contributed by atoms with Crippen molar-refractivity contribution in [3.8, 4) is 0 Å². The first-order chi connectivity index (χ1) is 7.38. The van der Waals surface area contributed by atoms with Gasteiger partial charge in [0, 0.05) is 6.21 Å². The second-order valence-electron chi connectivity index (χ2n) is 3.71. The van der Waals surface area contributed by atoms with Crippen LogP contribution in [0, 0.1) is 20.8 Å². The molecule has 0 amide bonds. The fourth-order valence-electron chi connectivity index (χ4n) is 1.76. The smallest absolute Gasteiger partial charge is 0.200 e. The van der Waals surface area contributed by atoms with Gasteiger partial charge in [0.15, 0.2) is 0 Å². The van der Waals surface area contributed by atoms with Crippen LogP contribution in [0.3, 0.4) is 0 Å². The molecule has 0 fully saturated rings. The molecule has 0 radical (unpaired) electrons. The standard InChI is InChI=1S/C11H16N2O2S/c1-5-12-13-16(14,15)11-9(3)6-8(2)7-10(11)4/h5-7,13H,1-4H3/b12-5+. The summed E-state index contributed by atoms with van der Waals surface area (Å²) < 4.78 is 23.8. The zero-order chi connectivity index (χ0) is 12.3. The van der Waals surface area contributed by atoms with E-state index in [0.29, 0.717) is 4.90 Å². The molecule has 0 aliphatic carbocycles. The second-order valence-corrected chi connectivity index (χ2v) is 5.31. The van der Waals surface area contributed by atoms with E-state index in [2.05, 4.69) is 9.93 Å². The van der Waals surface area contributed by atoms with E-state index in [1.165, 1.54) is 6.21 Å². The van der Waals surface area contributed by atoms with Gasteiger partial charge in [0.25, 0.3) is 10.0 Å². The van der Waals surface area contributed by atoms with E-state index in [-0.39, 0.29) is 0 Å². The third kappa shape index (κ3) is 2.61. The van der Waals surface area contributed by atoms with Crippen molar-refractivity contribution >= 4 is 16.2 Å².